The summed E-state index contributed by atoms with van der Waals surface area (Å²) < 4.78 is 6.08. The van der Waals surface area contributed by atoms with Crippen LogP contribution in [-0.4, -0.2) is 36.2 Å². The maximum absolute atomic E-state index is 9.91. The van der Waals surface area contributed by atoms with Crippen molar-refractivity contribution in [2.75, 3.05) is 20.2 Å². The third kappa shape index (κ3) is 5.38. The summed E-state index contributed by atoms with van der Waals surface area (Å²) >= 11 is 0. The minimum Gasteiger partial charge on any atom is -0.508 e. The lowest BCUT2D eigenvalue weighted by molar-refractivity contribution is 0.232. The van der Waals surface area contributed by atoms with Gasteiger partial charge in [0, 0.05) is 6.04 Å². The van der Waals surface area contributed by atoms with Crippen molar-refractivity contribution in [2.45, 2.75) is 38.1 Å². The second-order valence-corrected chi connectivity index (χ2v) is 6.65. The van der Waals surface area contributed by atoms with Gasteiger partial charge in [-0.3, -0.25) is 0 Å². The molecule has 136 valence electrons. The van der Waals surface area contributed by atoms with Gasteiger partial charge in [-0.1, -0.05) is 36.4 Å². The van der Waals surface area contributed by atoms with E-state index >= 15 is 0 Å². The number of hydrogen-bond donors (Lipinski definition) is 1. The number of nitrogens with zero attached hydrogens (tertiary/aromatic N) is 1. The van der Waals surface area contributed by atoms with Crippen molar-refractivity contribution in [3.63, 3.8) is 0 Å². The number of phenols is 1. The SMILES string of the molecule is CN1CCCC1CCOc1ccccc1CCc1ccccc1O.Cl. The Bertz CT molecular complexity index is 662. The fourth-order valence-corrected chi connectivity index (χ4v) is 3.49. The van der Waals surface area contributed by atoms with Gasteiger partial charge in [-0.05, 0) is 69.0 Å². The van der Waals surface area contributed by atoms with Crippen LogP contribution in [0.5, 0.6) is 11.5 Å². The molecule has 0 amide bonds. The largest absolute Gasteiger partial charge is 0.508 e. The molecule has 1 aliphatic rings. The molecule has 2 aromatic rings. The standard InChI is InChI=1S/C21H27NO2.ClH/c1-22-15-6-9-19(22)14-16-24-21-11-5-3-8-18(21)13-12-17-7-2-4-10-20(17)23;/h2-5,7-8,10-11,19,23H,6,9,12-16H2,1H3;1H. The Morgan fingerprint density at radius 1 is 1.04 bits per heavy atom. The van der Waals surface area contributed by atoms with E-state index in [1.165, 1.54) is 24.9 Å². The van der Waals surface area contributed by atoms with Crippen LogP contribution < -0.4 is 4.74 Å². The number of benzene rings is 2. The van der Waals surface area contributed by atoms with E-state index in [0.29, 0.717) is 11.8 Å². The van der Waals surface area contributed by atoms with E-state index in [4.69, 9.17) is 4.74 Å². The summed E-state index contributed by atoms with van der Waals surface area (Å²) in [7, 11) is 2.21. The highest BCUT2D eigenvalue weighted by atomic mass is 35.5. The summed E-state index contributed by atoms with van der Waals surface area (Å²) in [6.45, 7) is 1.98. The maximum Gasteiger partial charge on any atom is 0.122 e. The predicted octanol–water partition coefficient (Wildman–Crippen LogP) is 4.46. The van der Waals surface area contributed by atoms with Gasteiger partial charge in [-0.2, -0.15) is 0 Å². The van der Waals surface area contributed by atoms with Crippen LogP contribution in [0.2, 0.25) is 0 Å². The minimum absolute atomic E-state index is 0. The fourth-order valence-electron chi connectivity index (χ4n) is 3.49. The van der Waals surface area contributed by atoms with Crippen molar-refractivity contribution < 1.29 is 9.84 Å². The van der Waals surface area contributed by atoms with Gasteiger partial charge in [0.05, 0.1) is 6.61 Å². The first-order chi connectivity index (χ1) is 11.7. The van der Waals surface area contributed by atoms with Gasteiger partial charge in [0.15, 0.2) is 0 Å². The van der Waals surface area contributed by atoms with Crippen LogP contribution in [-0.2, 0) is 12.8 Å². The zero-order valence-electron chi connectivity index (χ0n) is 14.9. The molecule has 2 aromatic carbocycles. The molecule has 0 spiro atoms. The first kappa shape index (κ1) is 19.6. The van der Waals surface area contributed by atoms with E-state index in [0.717, 1.165) is 37.2 Å². The Hall–Kier alpha value is -1.71. The number of aromatic hydroxyl groups is 1. The van der Waals surface area contributed by atoms with Crippen LogP contribution in [0.3, 0.4) is 0 Å². The summed E-state index contributed by atoms with van der Waals surface area (Å²) in [5.41, 5.74) is 2.19. The molecule has 0 radical (unpaired) electrons. The van der Waals surface area contributed by atoms with E-state index in [2.05, 4.69) is 30.1 Å². The quantitative estimate of drug-likeness (QED) is 0.790. The average molecular weight is 362 g/mol. The number of para-hydroxylation sites is 2. The van der Waals surface area contributed by atoms with E-state index in [9.17, 15) is 5.11 Å². The molecule has 1 N–H and O–H groups in total. The van der Waals surface area contributed by atoms with Crippen molar-refractivity contribution in [3.8, 4) is 11.5 Å². The minimum atomic E-state index is 0. The molecule has 1 unspecified atom stereocenters. The van der Waals surface area contributed by atoms with Gasteiger partial charge >= 0.3 is 0 Å². The topological polar surface area (TPSA) is 32.7 Å². The highest BCUT2D eigenvalue weighted by Gasteiger charge is 2.20. The molecule has 4 heteroatoms. The molecule has 25 heavy (non-hydrogen) atoms. The Morgan fingerprint density at radius 2 is 1.72 bits per heavy atom. The number of hydrogen-bond acceptors (Lipinski definition) is 3. The van der Waals surface area contributed by atoms with Crippen LogP contribution in [0.1, 0.15) is 30.4 Å². The summed E-state index contributed by atoms with van der Waals surface area (Å²) in [5, 5.41) is 9.91. The Balaban J connectivity index is 0.00000225. The van der Waals surface area contributed by atoms with Crippen molar-refractivity contribution in [2.24, 2.45) is 0 Å². The molecular weight excluding hydrogens is 334 g/mol. The molecule has 3 nitrogen and oxygen atoms in total. The second kappa shape index (κ2) is 9.69. The highest BCUT2D eigenvalue weighted by molar-refractivity contribution is 5.85. The molecule has 0 saturated carbocycles. The van der Waals surface area contributed by atoms with E-state index in [1.54, 1.807) is 6.07 Å². The van der Waals surface area contributed by atoms with Crippen LogP contribution in [0.25, 0.3) is 0 Å². The maximum atomic E-state index is 9.91. The molecule has 1 saturated heterocycles. The van der Waals surface area contributed by atoms with E-state index in [1.807, 2.05) is 24.3 Å². The van der Waals surface area contributed by atoms with Crippen LogP contribution in [0.15, 0.2) is 48.5 Å². The molecule has 1 fully saturated rings. The lowest BCUT2D eigenvalue weighted by Gasteiger charge is -2.20. The smallest absolute Gasteiger partial charge is 0.122 e. The number of aryl methyl sites for hydroxylation is 2. The van der Waals surface area contributed by atoms with Crippen molar-refractivity contribution in [3.05, 3.63) is 59.7 Å². The summed E-state index contributed by atoms with van der Waals surface area (Å²) in [6.07, 6.45) is 5.37. The zero-order valence-corrected chi connectivity index (χ0v) is 15.7. The summed E-state index contributed by atoms with van der Waals surface area (Å²) in [5.74, 6) is 1.36. The van der Waals surface area contributed by atoms with Gasteiger partial charge in [0.1, 0.15) is 11.5 Å². The van der Waals surface area contributed by atoms with Crippen LogP contribution >= 0.6 is 12.4 Å². The third-order valence-corrected chi connectivity index (χ3v) is 5.01. The molecule has 1 heterocycles. The predicted molar refractivity (Wildman–Crippen MR) is 105 cm³/mol. The normalized spacial score (nSPS) is 17.2. The number of rotatable bonds is 7. The second-order valence-electron chi connectivity index (χ2n) is 6.65. The number of ether oxygens (including phenoxy) is 1. The van der Waals surface area contributed by atoms with Crippen molar-refractivity contribution in [1.29, 1.82) is 0 Å². The van der Waals surface area contributed by atoms with Gasteiger partial charge in [0.25, 0.3) is 0 Å². The lowest BCUT2D eigenvalue weighted by Crippen LogP contribution is -2.26. The van der Waals surface area contributed by atoms with E-state index < -0.39 is 0 Å². The summed E-state index contributed by atoms with van der Waals surface area (Å²) in [6, 6.07) is 16.5. The molecule has 0 aromatic heterocycles. The van der Waals surface area contributed by atoms with Crippen molar-refractivity contribution >= 4 is 12.4 Å². The number of phenolic OH excluding ortho intramolecular Hbond substituents is 1. The summed E-state index contributed by atoms with van der Waals surface area (Å²) in [4.78, 5) is 2.44. The molecule has 1 atom stereocenters. The van der Waals surface area contributed by atoms with Gasteiger partial charge in [-0.25, -0.2) is 0 Å². The van der Waals surface area contributed by atoms with Crippen LogP contribution in [0.4, 0.5) is 0 Å². The van der Waals surface area contributed by atoms with Crippen LogP contribution in [0, 0.1) is 0 Å². The molecule has 0 bridgehead atoms. The van der Waals surface area contributed by atoms with Gasteiger partial charge < -0.3 is 14.7 Å². The van der Waals surface area contributed by atoms with E-state index in [-0.39, 0.29) is 12.4 Å². The zero-order chi connectivity index (χ0) is 16.8. The third-order valence-electron chi connectivity index (χ3n) is 5.01. The monoisotopic (exact) mass is 361 g/mol. The Labute approximate surface area is 157 Å². The average Bonchev–Trinajstić information content (AvgIpc) is 3.00. The Kier molecular flexibility index (Phi) is 7.60. The molecule has 0 aliphatic carbocycles. The highest BCUT2D eigenvalue weighted by Crippen LogP contribution is 2.24. The first-order valence-electron chi connectivity index (χ1n) is 8.92. The van der Waals surface area contributed by atoms with Gasteiger partial charge in [0.2, 0.25) is 0 Å². The molecule has 1 aliphatic heterocycles. The van der Waals surface area contributed by atoms with Gasteiger partial charge in [-0.15, -0.1) is 12.4 Å². The molecule has 3 rings (SSSR count). The number of halogens is 1. The Morgan fingerprint density at radius 3 is 2.44 bits per heavy atom. The lowest BCUT2D eigenvalue weighted by atomic mass is 10.0. The van der Waals surface area contributed by atoms with Crippen molar-refractivity contribution in [1.82, 2.24) is 4.90 Å². The molecular formula is C21H28ClNO2. The fraction of sp³-hybridized carbons (Fsp3) is 0.429. The first-order valence-corrected chi connectivity index (χ1v) is 8.92. The number of likely N-dealkylation sites (tertiary alicyclic amines) is 1.